The molecule has 2 aromatic rings. The Bertz CT molecular complexity index is 821. The lowest BCUT2D eigenvalue weighted by Crippen LogP contribution is -2.51. The Morgan fingerprint density at radius 2 is 2.00 bits per heavy atom. The average Bonchev–Trinajstić information content (AvgIpc) is 3.14. The average molecular weight is 387 g/mol. The van der Waals surface area contributed by atoms with Gasteiger partial charge in [-0.15, -0.1) is 0 Å². The topological polar surface area (TPSA) is 112 Å². The van der Waals surface area contributed by atoms with Gasteiger partial charge in [-0.2, -0.15) is 0 Å². The number of rotatable bonds is 7. The largest absolute Gasteiger partial charge is 0.451 e. The molecule has 1 saturated carbocycles. The van der Waals surface area contributed by atoms with Crippen molar-refractivity contribution < 1.29 is 24.0 Å². The molecule has 1 heterocycles. The lowest BCUT2D eigenvalue weighted by Gasteiger charge is -2.39. The molecular formula is C20H25N3O5. The monoisotopic (exact) mass is 387 g/mol. The van der Waals surface area contributed by atoms with E-state index in [1.165, 1.54) is 0 Å². The van der Waals surface area contributed by atoms with E-state index in [1.807, 2.05) is 18.2 Å². The fourth-order valence-electron chi connectivity index (χ4n) is 3.69. The van der Waals surface area contributed by atoms with Gasteiger partial charge in [0, 0.05) is 5.39 Å². The van der Waals surface area contributed by atoms with Crippen molar-refractivity contribution in [1.29, 1.82) is 0 Å². The predicted molar refractivity (Wildman–Crippen MR) is 101 cm³/mol. The van der Waals surface area contributed by atoms with Crippen LogP contribution in [-0.2, 0) is 9.59 Å². The summed E-state index contributed by atoms with van der Waals surface area (Å²) in [6.07, 6.45) is 3.12. The predicted octanol–water partition coefficient (Wildman–Crippen LogP) is 2.28. The molecule has 1 aromatic heterocycles. The number of amides is 3. The van der Waals surface area contributed by atoms with Crippen molar-refractivity contribution in [3.05, 3.63) is 36.1 Å². The van der Waals surface area contributed by atoms with Gasteiger partial charge in [-0.25, -0.2) is 5.06 Å². The summed E-state index contributed by atoms with van der Waals surface area (Å²) in [7, 11) is 0. The van der Waals surface area contributed by atoms with E-state index < -0.39 is 11.3 Å². The Morgan fingerprint density at radius 3 is 2.68 bits per heavy atom. The number of furan rings is 1. The van der Waals surface area contributed by atoms with Crippen LogP contribution in [0.3, 0.4) is 0 Å². The lowest BCUT2D eigenvalue weighted by atomic mass is 9.70. The minimum absolute atomic E-state index is 0.0629. The van der Waals surface area contributed by atoms with Gasteiger partial charge in [0.25, 0.3) is 5.91 Å². The molecule has 3 rings (SSSR count). The highest BCUT2D eigenvalue weighted by atomic mass is 16.5. The Morgan fingerprint density at radius 1 is 1.29 bits per heavy atom. The Hall–Kier alpha value is -2.87. The molecule has 1 aliphatic carbocycles. The molecule has 8 nitrogen and oxygen atoms in total. The number of nitrogens with zero attached hydrogens (tertiary/aromatic N) is 1. The van der Waals surface area contributed by atoms with E-state index in [2.05, 4.69) is 17.6 Å². The van der Waals surface area contributed by atoms with Crippen LogP contribution in [0, 0.1) is 11.3 Å². The second-order valence-electron chi connectivity index (χ2n) is 7.50. The van der Waals surface area contributed by atoms with Crippen LogP contribution in [0.5, 0.6) is 0 Å². The maximum atomic E-state index is 12.8. The maximum absolute atomic E-state index is 12.8. The van der Waals surface area contributed by atoms with Crippen molar-refractivity contribution in [1.82, 2.24) is 15.7 Å². The quantitative estimate of drug-likeness (QED) is 0.292. The van der Waals surface area contributed by atoms with E-state index in [-0.39, 0.29) is 24.9 Å². The van der Waals surface area contributed by atoms with Crippen LogP contribution in [0.4, 0.5) is 0 Å². The Kier molecular flexibility index (Phi) is 5.99. The molecule has 0 atom stereocenters. The molecule has 28 heavy (non-hydrogen) atoms. The Labute approximate surface area is 162 Å². The zero-order valence-corrected chi connectivity index (χ0v) is 15.8. The number of benzene rings is 1. The van der Waals surface area contributed by atoms with Gasteiger partial charge in [0.15, 0.2) is 5.76 Å². The summed E-state index contributed by atoms with van der Waals surface area (Å²) in [5.41, 5.74) is -0.240. The van der Waals surface area contributed by atoms with E-state index in [0.717, 1.165) is 18.2 Å². The fraction of sp³-hybridized carbons (Fsp3) is 0.450. The minimum Gasteiger partial charge on any atom is -0.451 e. The van der Waals surface area contributed by atoms with Gasteiger partial charge in [0.1, 0.15) is 5.58 Å². The van der Waals surface area contributed by atoms with Crippen LogP contribution < -0.4 is 10.6 Å². The zero-order chi connectivity index (χ0) is 20.1. The summed E-state index contributed by atoms with van der Waals surface area (Å²) in [5.74, 6) is -0.0547. The number of para-hydroxylation sites is 1. The molecule has 0 radical (unpaired) electrons. The van der Waals surface area contributed by atoms with Crippen LogP contribution in [0.1, 0.15) is 43.2 Å². The van der Waals surface area contributed by atoms with Crippen LogP contribution in [-0.4, -0.2) is 41.7 Å². The summed E-state index contributed by atoms with van der Waals surface area (Å²) in [4.78, 5) is 35.9. The van der Waals surface area contributed by atoms with Gasteiger partial charge in [-0.1, -0.05) is 25.1 Å². The molecule has 8 heteroatoms. The van der Waals surface area contributed by atoms with Crippen LogP contribution in [0.25, 0.3) is 11.0 Å². The normalized spacial score (nSPS) is 21.9. The zero-order valence-electron chi connectivity index (χ0n) is 15.8. The van der Waals surface area contributed by atoms with Gasteiger partial charge in [-0.3, -0.25) is 19.6 Å². The highest BCUT2D eigenvalue weighted by molar-refractivity contribution is 5.96. The summed E-state index contributed by atoms with van der Waals surface area (Å²) in [6, 6.07) is 8.94. The summed E-state index contributed by atoms with van der Waals surface area (Å²) in [6.45, 7) is 1.98. The van der Waals surface area contributed by atoms with Crippen molar-refractivity contribution in [3.63, 3.8) is 0 Å². The van der Waals surface area contributed by atoms with Gasteiger partial charge in [-0.05, 0) is 43.7 Å². The van der Waals surface area contributed by atoms with Gasteiger partial charge in [0.2, 0.25) is 12.3 Å². The van der Waals surface area contributed by atoms with E-state index in [1.54, 1.807) is 12.1 Å². The van der Waals surface area contributed by atoms with E-state index >= 15 is 0 Å². The molecule has 3 amide bonds. The number of carbonyl (C=O) groups is 3. The first-order valence-electron chi connectivity index (χ1n) is 9.39. The lowest BCUT2D eigenvalue weighted by molar-refractivity contribution is -0.163. The Balaban J connectivity index is 1.59. The molecular weight excluding hydrogens is 362 g/mol. The first kappa shape index (κ1) is 19.9. The molecule has 0 unspecified atom stereocenters. The fourth-order valence-corrected chi connectivity index (χ4v) is 3.69. The first-order valence-corrected chi connectivity index (χ1v) is 9.39. The second-order valence-corrected chi connectivity index (χ2v) is 7.50. The van der Waals surface area contributed by atoms with Crippen molar-refractivity contribution in [2.24, 2.45) is 11.3 Å². The number of hydrogen-bond acceptors (Lipinski definition) is 5. The molecule has 0 bridgehead atoms. The standard InChI is InChI=1S/C20H25N3O5/c1-14-6-8-20(9-7-14,11-23(27)13-24)19(26)22-12-21-18(25)17-10-15-4-2-3-5-16(15)28-17/h2-5,10,13-14,27H,6-9,11-12H2,1H3,(H,21,25)(H,22,26). The highest BCUT2D eigenvalue weighted by Gasteiger charge is 2.42. The summed E-state index contributed by atoms with van der Waals surface area (Å²) in [5, 5.41) is 16.3. The van der Waals surface area contributed by atoms with Gasteiger partial charge < -0.3 is 15.1 Å². The molecule has 0 spiro atoms. The first-order chi connectivity index (χ1) is 13.4. The number of nitrogens with one attached hydrogen (secondary N) is 2. The number of fused-ring (bicyclic) bond motifs is 1. The van der Waals surface area contributed by atoms with Crippen molar-refractivity contribution >= 4 is 29.2 Å². The molecule has 0 aliphatic heterocycles. The second kappa shape index (κ2) is 8.43. The van der Waals surface area contributed by atoms with E-state index in [4.69, 9.17) is 4.42 Å². The molecule has 3 N–H and O–H groups in total. The molecule has 0 saturated heterocycles. The number of hydroxylamine groups is 2. The van der Waals surface area contributed by atoms with Crippen LogP contribution in [0.2, 0.25) is 0 Å². The molecule has 1 aliphatic rings. The third-order valence-electron chi connectivity index (χ3n) is 5.45. The van der Waals surface area contributed by atoms with E-state index in [9.17, 15) is 19.6 Å². The van der Waals surface area contributed by atoms with Crippen LogP contribution >= 0.6 is 0 Å². The number of carbonyl (C=O) groups excluding carboxylic acids is 3. The highest BCUT2D eigenvalue weighted by Crippen LogP contribution is 2.39. The maximum Gasteiger partial charge on any atom is 0.288 e. The molecule has 150 valence electrons. The number of hydrogen-bond donors (Lipinski definition) is 3. The summed E-state index contributed by atoms with van der Waals surface area (Å²) < 4.78 is 5.50. The minimum atomic E-state index is -0.855. The third-order valence-corrected chi connectivity index (χ3v) is 5.45. The van der Waals surface area contributed by atoms with Gasteiger partial charge in [0.05, 0.1) is 18.6 Å². The molecule has 1 fully saturated rings. The van der Waals surface area contributed by atoms with Crippen molar-refractivity contribution in [2.45, 2.75) is 32.6 Å². The van der Waals surface area contributed by atoms with E-state index in [0.29, 0.717) is 35.8 Å². The van der Waals surface area contributed by atoms with Crippen LogP contribution in [0.15, 0.2) is 34.7 Å². The van der Waals surface area contributed by atoms with Gasteiger partial charge >= 0.3 is 0 Å². The SMILES string of the molecule is CC1CCC(CN(O)C=O)(C(=O)NCNC(=O)c2cc3ccccc3o2)CC1. The smallest absolute Gasteiger partial charge is 0.288 e. The summed E-state index contributed by atoms with van der Waals surface area (Å²) >= 11 is 0. The van der Waals surface area contributed by atoms with Crippen molar-refractivity contribution in [3.8, 4) is 0 Å². The third kappa shape index (κ3) is 4.33. The van der Waals surface area contributed by atoms with Crippen molar-refractivity contribution in [2.75, 3.05) is 13.2 Å². The molecule has 1 aromatic carbocycles.